The predicted octanol–water partition coefficient (Wildman–Crippen LogP) is 3.79. The highest BCUT2D eigenvalue weighted by Crippen LogP contribution is 2.26. The van der Waals surface area contributed by atoms with E-state index in [0.717, 1.165) is 6.42 Å². The zero-order chi connectivity index (χ0) is 10.5. The maximum absolute atomic E-state index is 5.38. The molecular formula is C12H24O. The molecule has 0 aliphatic heterocycles. The lowest BCUT2D eigenvalue weighted by Crippen LogP contribution is -2.24. The minimum atomic E-state index is -0.134. The van der Waals surface area contributed by atoms with E-state index in [1.54, 1.807) is 7.11 Å². The fourth-order valence-corrected chi connectivity index (χ4v) is 1.26. The molecule has 0 aliphatic rings. The van der Waals surface area contributed by atoms with Gasteiger partial charge in [0, 0.05) is 7.11 Å². The monoisotopic (exact) mass is 184 g/mol. The predicted molar refractivity (Wildman–Crippen MR) is 58.9 cm³/mol. The van der Waals surface area contributed by atoms with Crippen molar-refractivity contribution in [2.24, 2.45) is 5.41 Å². The summed E-state index contributed by atoms with van der Waals surface area (Å²) in [5, 5.41) is 0. The van der Waals surface area contributed by atoms with E-state index < -0.39 is 0 Å². The molecule has 78 valence electrons. The van der Waals surface area contributed by atoms with Crippen LogP contribution in [0.4, 0.5) is 0 Å². The van der Waals surface area contributed by atoms with Crippen LogP contribution in [-0.2, 0) is 4.74 Å². The third kappa shape index (κ3) is 5.87. The van der Waals surface area contributed by atoms with Crippen LogP contribution in [0.1, 0.15) is 47.0 Å². The molecule has 0 heterocycles. The minimum Gasteiger partial charge on any atom is -0.374 e. The molecule has 0 saturated heterocycles. The van der Waals surface area contributed by atoms with Crippen molar-refractivity contribution < 1.29 is 4.74 Å². The summed E-state index contributed by atoms with van der Waals surface area (Å²) in [6, 6.07) is 0. The summed E-state index contributed by atoms with van der Waals surface area (Å²) >= 11 is 0. The molecule has 0 aromatic rings. The normalized spacial score (nSPS) is 16.7. The van der Waals surface area contributed by atoms with E-state index in [4.69, 9.17) is 4.74 Å². The highest BCUT2D eigenvalue weighted by molar-refractivity contribution is 4.93. The first-order chi connectivity index (χ1) is 5.83. The summed E-state index contributed by atoms with van der Waals surface area (Å²) in [5.41, 5.74) is 0.293. The average molecular weight is 184 g/mol. The molecule has 0 N–H and O–H groups in total. The van der Waals surface area contributed by atoms with Crippen LogP contribution in [0.5, 0.6) is 0 Å². The van der Waals surface area contributed by atoms with E-state index in [9.17, 15) is 0 Å². The van der Waals surface area contributed by atoms with E-state index in [1.807, 2.05) is 6.08 Å². The number of ether oxygens (including phenoxy) is 1. The first-order valence-electron chi connectivity index (χ1n) is 5.02. The molecule has 0 rings (SSSR count). The highest BCUT2D eigenvalue weighted by Gasteiger charge is 2.19. The molecular weight excluding hydrogens is 160 g/mol. The Morgan fingerprint density at radius 1 is 1.15 bits per heavy atom. The molecule has 1 atom stereocenters. The van der Waals surface area contributed by atoms with Crippen molar-refractivity contribution in [2.45, 2.75) is 52.6 Å². The lowest BCUT2D eigenvalue weighted by atomic mass is 9.87. The van der Waals surface area contributed by atoms with Crippen LogP contribution >= 0.6 is 0 Å². The van der Waals surface area contributed by atoms with E-state index in [2.05, 4.69) is 34.3 Å². The fourth-order valence-electron chi connectivity index (χ4n) is 1.26. The first-order valence-corrected chi connectivity index (χ1v) is 5.02. The van der Waals surface area contributed by atoms with Crippen molar-refractivity contribution in [1.82, 2.24) is 0 Å². The Bertz CT molecular complexity index is 155. The third-order valence-electron chi connectivity index (χ3n) is 2.50. The van der Waals surface area contributed by atoms with Gasteiger partial charge in [-0.2, -0.15) is 0 Å². The lowest BCUT2D eigenvalue weighted by molar-refractivity contribution is 0.0376. The summed E-state index contributed by atoms with van der Waals surface area (Å²) in [5.74, 6) is 0. The van der Waals surface area contributed by atoms with Gasteiger partial charge in [-0.25, -0.2) is 0 Å². The van der Waals surface area contributed by atoms with Gasteiger partial charge in [0.25, 0.3) is 0 Å². The van der Waals surface area contributed by atoms with Crippen molar-refractivity contribution in [3.8, 4) is 0 Å². The van der Waals surface area contributed by atoms with Gasteiger partial charge in [0.2, 0.25) is 0 Å². The van der Waals surface area contributed by atoms with E-state index in [0.29, 0.717) is 5.41 Å². The topological polar surface area (TPSA) is 9.23 Å². The second-order valence-electron chi connectivity index (χ2n) is 5.14. The SMILES string of the molecule is C=CC(C)(CCCC(C)(C)C)OC. The van der Waals surface area contributed by atoms with Gasteiger partial charge in [0.15, 0.2) is 0 Å². The van der Waals surface area contributed by atoms with Gasteiger partial charge < -0.3 is 4.74 Å². The largest absolute Gasteiger partial charge is 0.374 e. The zero-order valence-corrected chi connectivity index (χ0v) is 9.81. The Labute approximate surface area is 83.2 Å². The van der Waals surface area contributed by atoms with Crippen molar-refractivity contribution in [1.29, 1.82) is 0 Å². The van der Waals surface area contributed by atoms with Gasteiger partial charge in [-0.05, 0) is 31.6 Å². The van der Waals surface area contributed by atoms with Crippen LogP contribution < -0.4 is 0 Å². The molecule has 1 heteroatoms. The molecule has 13 heavy (non-hydrogen) atoms. The van der Waals surface area contributed by atoms with Gasteiger partial charge in [0.05, 0.1) is 5.60 Å². The molecule has 0 aliphatic carbocycles. The third-order valence-corrected chi connectivity index (χ3v) is 2.50. The van der Waals surface area contributed by atoms with Crippen LogP contribution in [0.2, 0.25) is 0 Å². The molecule has 1 unspecified atom stereocenters. The van der Waals surface area contributed by atoms with Gasteiger partial charge in [-0.1, -0.05) is 26.8 Å². The summed E-state index contributed by atoms with van der Waals surface area (Å²) < 4.78 is 5.38. The minimum absolute atomic E-state index is 0.134. The van der Waals surface area contributed by atoms with Crippen LogP contribution in [0, 0.1) is 5.41 Å². The number of rotatable bonds is 5. The molecule has 1 nitrogen and oxygen atoms in total. The first kappa shape index (κ1) is 12.7. The number of methoxy groups -OCH3 is 1. The Morgan fingerprint density at radius 3 is 2.00 bits per heavy atom. The van der Waals surface area contributed by atoms with Gasteiger partial charge >= 0.3 is 0 Å². The van der Waals surface area contributed by atoms with Crippen LogP contribution in [0.15, 0.2) is 12.7 Å². The Hall–Kier alpha value is -0.300. The lowest BCUT2D eigenvalue weighted by Gasteiger charge is -2.26. The van der Waals surface area contributed by atoms with Crippen LogP contribution in [-0.4, -0.2) is 12.7 Å². The van der Waals surface area contributed by atoms with E-state index in [-0.39, 0.29) is 5.60 Å². The number of hydrogen-bond acceptors (Lipinski definition) is 1. The Balaban J connectivity index is 3.81. The van der Waals surface area contributed by atoms with Gasteiger partial charge in [0.1, 0.15) is 0 Å². The zero-order valence-electron chi connectivity index (χ0n) is 9.81. The molecule has 0 amide bonds. The van der Waals surface area contributed by atoms with Crippen LogP contribution in [0.25, 0.3) is 0 Å². The smallest absolute Gasteiger partial charge is 0.0828 e. The second kappa shape index (κ2) is 4.80. The van der Waals surface area contributed by atoms with Crippen LogP contribution in [0.3, 0.4) is 0 Å². The molecule has 0 bridgehead atoms. The molecule has 0 fully saturated rings. The molecule has 0 saturated carbocycles. The summed E-state index contributed by atoms with van der Waals surface area (Å²) in [6.07, 6.45) is 5.39. The average Bonchev–Trinajstić information content (AvgIpc) is 2.02. The van der Waals surface area contributed by atoms with Gasteiger partial charge in [-0.3, -0.25) is 0 Å². The van der Waals surface area contributed by atoms with E-state index in [1.165, 1.54) is 12.8 Å². The second-order valence-corrected chi connectivity index (χ2v) is 5.14. The van der Waals surface area contributed by atoms with Gasteiger partial charge in [-0.15, -0.1) is 6.58 Å². The Morgan fingerprint density at radius 2 is 1.69 bits per heavy atom. The molecule has 0 spiro atoms. The standard InChI is InChI=1S/C12H24O/c1-7-12(5,13-6)10-8-9-11(2,3)4/h7H,1,8-10H2,2-6H3. The quantitative estimate of drug-likeness (QED) is 0.591. The summed E-state index contributed by atoms with van der Waals surface area (Å²) in [7, 11) is 1.75. The fraction of sp³-hybridized carbons (Fsp3) is 0.833. The maximum atomic E-state index is 5.38. The highest BCUT2D eigenvalue weighted by atomic mass is 16.5. The summed E-state index contributed by atoms with van der Waals surface area (Å²) in [6.45, 7) is 12.7. The van der Waals surface area contributed by atoms with Crippen molar-refractivity contribution in [2.75, 3.05) is 7.11 Å². The maximum Gasteiger partial charge on any atom is 0.0828 e. The molecule has 0 aromatic heterocycles. The van der Waals surface area contributed by atoms with Crippen molar-refractivity contribution in [3.05, 3.63) is 12.7 Å². The van der Waals surface area contributed by atoms with Crippen molar-refractivity contribution in [3.63, 3.8) is 0 Å². The molecule has 0 radical (unpaired) electrons. The Kier molecular flexibility index (Phi) is 4.69. The van der Waals surface area contributed by atoms with Crippen molar-refractivity contribution >= 4 is 0 Å². The molecule has 0 aromatic carbocycles. The van der Waals surface area contributed by atoms with E-state index >= 15 is 0 Å². The summed E-state index contributed by atoms with van der Waals surface area (Å²) in [4.78, 5) is 0. The number of hydrogen-bond donors (Lipinski definition) is 0.